The molecule has 0 spiro atoms. The summed E-state index contributed by atoms with van der Waals surface area (Å²) in [6, 6.07) is 6.95. The molecule has 0 atom stereocenters. The molecule has 0 radical (unpaired) electrons. The molecule has 1 aromatic rings. The molecule has 0 heterocycles. The summed E-state index contributed by atoms with van der Waals surface area (Å²) in [7, 11) is 0. The van der Waals surface area contributed by atoms with Crippen LogP contribution < -0.4 is 11.1 Å². The van der Waals surface area contributed by atoms with Gasteiger partial charge in [0.2, 0.25) is 0 Å². The minimum atomic E-state index is 0.588. The molecule has 1 aliphatic rings. The molecule has 0 aliphatic heterocycles. The Bertz CT molecular complexity index is 308. The van der Waals surface area contributed by atoms with Crippen molar-refractivity contribution in [3.8, 4) is 0 Å². The number of nitrogens with two attached hydrogens (primary N) is 1. The Morgan fingerprint density at radius 1 is 1.46 bits per heavy atom. The van der Waals surface area contributed by atoms with Gasteiger partial charge in [-0.2, -0.15) is 0 Å². The normalized spacial score (nSPS) is 15.8. The first-order valence-electron chi connectivity index (χ1n) is 4.54. The number of hydrogen-bond acceptors (Lipinski definition) is 2. The second-order valence-corrected chi connectivity index (χ2v) is 4.28. The lowest BCUT2D eigenvalue weighted by Crippen LogP contribution is -2.02. The van der Waals surface area contributed by atoms with E-state index in [1.54, 1.807) is 0 Å². The summed E-state index contributed by atoms with van der Waals surface area (Å²) < 4.78 is 1.10. The molecule has 1 saturated carbocycles. The number of halogens is 1. The van der Waals surface area contributed by atoms with Gasteiger partial charge in [0.1, 0.15) is 0 Å². The number of rotatable bonds is 3. The first kappa shape index (κ1) is 9.03. The summed E-state index contributed by atoms with van der Waals surface area (Å²) in [6.07, 6.45) is 2.60. The van der Waals surface area contributed by atoms with Crippen molar-refractivity contribution in [2.75, 3.05) is 5.32 Å². The molecule has 3 N–H and O–H groups in total. The summed E-state index contributed by atoms with van der Waals surface area (Å²) >= 11 is 3.50. The molecule has 1 aliphatic carbocycles. The fourth-order valence-electron chi connectivity index (χ4n) is 1.27. The van der Waals surface area contributed by atoms with E-state index in [9.17, 15) is 0 Å². The Labute approximate surface area is 86.6 Å². The van der Waals surface area contributed by atoms with E-state index in [4.69, 9.17) is 5.73 Å². The highest BCUT2D eigenvalue weighted by molar-refractivity contribution is 9.10. The van der Waals surface area contributed by atoms with Gasteiger partial charge in [-0.1, -0.05) is 22.0 Å². The number of hydrogen-bond donors (Lipinski definition) is 2. The van der Waals surface area contributed by atoms with Gasteiger partial charge >= 0.3 is 0 Å². The lowest BCUT2D eigenvalue weighted by Gasteiger charge is -2.07. The molecule has 0 bridgehead atoms. The predicted molar refractivity (Wildman–Crippen MR) is 58.7 cm³/mol. The minimum Gasteiger partial charge on any atom is -0.382 e. The van der Waals surface area contributed by atoms with Gasteiger partial charge in [-0.25, -0.2) is 0 Å². The summed E-state index contributed by atoms with van der Waals surface area (Å²) in [5, 5.41) is 3.44. The quantitative estimate of drug-likeness (QED) is 0.853. The van der Waals surface area contributed by atoms with Crippen LogP contribution in [0.5, 0.6) is 0 Å². The maximum atomic E-state index is 5.56. The predicted octanol–water partition coefficient (Wildman–Crippen LogP) is 2.48. The largest absolute Gasteiger partial charge is 0.382 e. The molecule has 70 valence electrons. The van der Waals surface area contributed by atoms with E-state index in [1.165, 1.54) is 18.5 Å². The van der Waals surface area contributed by atoms with E-state index >= 15 is 0 Å². The minimum absolute atomic E-state index is 0.588. The molecule has 1 aromatic carbocycles. The first-order valence-corrected chi connectivity index (χ1v) is 5.34. The van der Waals surface area contributed by atoms with E-state index in [1.807, 2.05) is 0 Å². The summed E-state index contributed by atoms with van der Waals surface area (Å²) in [4.78, 5) is 0. The molecule has 0 saturated heterocycles. The highest BCUT2D eigenvalue weighted by Crippen LogP contribution is 2.27. The zero-order valence-corrected chi connectivity index (χ0v) is 8.97. The Morgan fingerprint density at radius 2 is 2.23 bits per heavy atom. The van der Waals surface area contributed by atoms with Gasteiger partial charge in [0.05, 0.1) is 0 Å². The summed E-state index contributed by atoms with van der Waals surface area (Å²) in [6.45, 7) is 0.588. The number of anilines is 1. The van der Waals surface area contributed by atoms with Crippen LogP contribution in [0.2, 0.25) is 0 Å². The van der Waals surface area contributed by atoms with Crippen molar-refractivity contribution in [2.45, 2.75) is 25.4 Å². The van der Waals surface area contributed by atoms with Crippen molar-refractivity contribution in [1.82, 2.24) is 0 Å². The first-order chi connectivity index (χ1) is 6.29. The van der Waals surface area contributed by atoms with Crippen LogP contribution in [0.15, 0.2) is 22.7 Å². The van der Waals surface area contributed by atoms with Crippen LogP contribution in [0.3, 0.4) is 0 Å². The fourth-order valence-corrected chi connectivity index (χ4v) is 1.81. The van der Waals surface area contributed by atoms with Crippen LogP contribution in [-0.2, 0) is 6.54 Å². The molecule has 2 rings (SSSR count). The zero-order chi connectivity index (χ0) is 9.26. The zero-order valence-electron chi connectivity index (χ0n) is 7.39. The molecule has 2 nitrogen and oxygen atoms in total. The smallest absolute Gasteiger partial charge is 0.0353 e. The van der Waals surface area contributed by atoms with Crippen molar-refractivity contribution >= 4 is 21.6 Å². The molecule has 1 fully saturated rings. The van der Waals surface area contributed by atoms with Crippen molar-refractivity contribution < 1.29 is 0 Å². The summed E-state index contributed by atoms with van der Waals surface area (Å²) in [5.41, 5.74) is 7.90. The van der Waals surface area contributed by atoms with Gasteiger partial charge in [-0.3, -0.25) is 0 Å². The fraction of sp³-hybridized carbons (Fsp3) is 0.400. The Balaban J connectivity index is 2.13. The molecule has 13 heavy (non-hydrogen) atoms. The highest BCUT2D eigenvalue weighted by Gasteiger charge is 2.20. The van der Waals surface area contributed by atoms with Gasteiger partial charge in [0, 0.05) is 22.7 Å². The Hall–Kier alpha value is -0.540. The van der Waals surface area contributed by atoms with Crippen molar-refractivity contribution in [3.63, 3.8) is 0 Å². The van der Waals surface area contributed by atoms with Crippen molar-refractivity contribution in [3.05, 3.63) is 28.2 Å². The van der Waals surface area contributed by atoms with E-state index in [2.05, 4.69) is 39.4 Å². The maximum absolute atomic E-state index is 5.56. The average Bonchev–Trinajstić information content (AvgIpc) is 2.89. The van der Waals surface area contributed by atoms with Crippen LogP contribution in [0, 0.1) is 0 Å². The van der Waals surface area contributed by atoms with Gasteiger partial charge in [0.15, 0.2) is 0 Å². The average molecular weight is 241 g/mol. The van der Waals surface area contributed by atoms with E-state index < -0.39 is 0 Å². The van der Waals surface area contributed by atoms with E-state index in [0.29, 0.717) is 12.6 Å². The molecule has 0 amide bonds. The maximum Gasteiger partial charge on any atom is 0.0353 e. The topological polar surface area (TPSA) is 38.0 Å². The Morgan fingerprint density at radius 3 is 2.77 bits per heavy atom. The van der Waals surface area contributed by atoms with Crippen LogP contribution in [0.1, 0.15) is 18.4 Å². The number of benzene rings is 1. The molecular formula is C10H13BrN2. The van der Waals surface area contributed by atoms with Gasteiger partial charge in [-0.15, -0.1) is 0 Å². The SMILES string of the molecule is NCc1ccc(NC2CC2)cc1Br. The van der Waals surface area contributed by atoms with Crippen LogP contribution in [-0.4, -0.2) is 6.04 Å². The lowest BCUT2D eigenvalue weighted by molar-refractivity contribution is 1.06. The van der Waals surface area contributed by atoms with Gasteiger partial charge in [0.25, 0.3) is 0 Å². The molecule has 0 unspecified atom stereocenters. The number of nitrogens with one attached hydrogen (secondary N) is 1. The van der Waals surface area contributed by atoms with Crippen LogP contribution in [0.25, 0.3) is 0 Å². The highest BCUT2D eigenvalue weighted by atomic mass is 79.9. The van der Waals surface area contributed by atoms with E-state index in [-0.39, 0.29) is 0 Å². The molecular weight excluding hydrogens is 228 g/mol. The van der Waals surface area contributed by atoms with Crippen LogP contribution >= 0.6 is 15.9 Å². The summed E-state index contributed by atoms with van der Waals surface area (Å²) in [5.74, 6) is 0. The van der Waals surface area contributed by atoms with Crippen molar-refractivity contribution in [1.29, 1.82) is 0 Å². The standard InChI is InChI=1S/C10H13BrN2/c11-10-5-9(13-8-3-4-8)2-1-7(10)6-12/h1-2,5,8,13H,3-4,6,12H2. The third-order valence-electron chi connectivity index (χ3n) is 2.22. The second-order valence-electron chi connectivity index (χ2n) is 3.43. The van der Waals surface area contributed by atoms with Crippen LogP contribution in [0.4, 0.5) is 5.69 Å². The molecule has 3 heteroatoms. The lowest BCUT2D eigenvalue weighted by atomic mass is 10.2. The Kier molecular flexibility index (Phi) is 2.56. The van der Waals surface area contributed by atoms with E-state index in [0.717, 1.165) is 10.0 Å². The third kappa shape index (κ3) is 2.23. The van der Waals surface area contributed by atoms with Crippen molar-refractivity contribution in [2.24, 2.45) is 5.73 Å². The second kappa shape index (κ2) is 3.68. The molecule has 0 aromatic heterocycles. The van der Waals surface area contributed by atoms with Gasteiger partial charge < -0.3 is 11.1 Å². The monoisotopic (exact) mass is 240 g/mol. The van der Waals surface area contributed by atoms with Gasteiger partial charge in [-0.05, 0) is 30.5 Å². The third-order valence-corrected chi connectivity index (χ3v) is 2.96.